The number of tetrazole rings is 1. The Hall–Kier alpha value is -2.56. The summed E-state index contributed by atoms with van der Waals surface area (Å²) in [7, 11) is -4.83. The van der Waals surface area contributed by atoms with E-state index in [2.05, 4.69) is 25.2 Å². The SMILES string of the molecule is Nc1nnn(CCONC(=O)[C@@H]2CC[C@@H]3CN2C(=O)N3OS(=O)(=O)O)n1. The van der Waals surface area contributed by atoms with Crippen LogP contribution in [0.5, 0.6) is 0 Å². The van der Waals surface area contributed by atoms with E-state index < -0.39 is 34.4 Å². The predicted octanol–water partition coefficient (Wildman–Crippen LogP) is -2.69. The lowest BCUT2D eigenvalue weighted by molar-refractivity contribution is -0.139. The number of piperidine rings is 1. The smallest absolute Gasteiger partial charge is 0.365 e. The number of urea groups is 1. The summed E-state index contributed by atoms with van der Waals surface area (Å²) in [6.45, 7) is 0.313. The molecule has 2 aliphatic heterocycles. The van der Waals surface area contributed by atoms with Crippen molar-refractivity contribution >= 4 is 28.3 Å². The summed E-state index contributed by atoms with van der Waals surface area (Å²) in [4.78, 5) is 31.8. The van der Waals surface area contributed by atoms with Gasteiger partial charge in [-0.15, -0.1) is 9.38 Å². The molecule has 3 rings (SSSR count). The minimum absolute atomic E-state index is 0.00927. The number of aromatic nitrogens is 4. The number of nitrogens with zero attached hydrogens (tertiary/aromatic N) is 6. The average Bonchev–Trinajstić information content (AvgIpc) is 3.08. The Morgan fingerprint density at radius 1 is 1.42 bits per heavy atom. The number of nitrogen functional groups attached to an aromatic ring is 1. The normalized spacial score (nSPS) is 22.7. The molecule has 3 amide bonds. The predicted molar refractivity (Wildman–Crippen MR) is 79.7 cm³/mol. The van der Waals surface area contributed by atoms with Crippen LogP contribution in [0.3, 0.4) is 0 Å². The maximum Gasteiger partial charge on any atom is 0.418 e. The average molecular weight is 392 g/mol. The van der Waals surface area contributed by atoms with E-state index in [9.17, 15) is 18.0 Å². The molecular formula is C10H16N8O7S. The van der Waals surface area contributed by atoms with Crippen LogP contribution in [0.4, 0.5) is 10.7 Å². The number of nitrogens with one attached hydrogen (secondary N) is 1. The summed E-state index contributed by atoms with van der Waals surface area (Å²) in [5, 5.41) is 11.4. The third-order valence-electron chi connectivity index (χ3n) is 3.83. The van der Waals surface area contributed by atoms with Crippen molar-refractivity contribution in [3.05, 3.63) is 0 Å². The molecule has 2 fully saturated rings. The molecule has 3 heterocycles. The minimum Gasteiger partial charge on any atom is -0.365 e. The van der Waals surface area contributed by atoms with Gasteiger partial charge in [0.25, 0.3) is 11.9 Å². The van der Waals surface area contributed by atoms with E-state index in [-0.39, 0.29) is 32.1 Å². The molecule has 2 bridgehead atoms. The highest BCUT2D eigenvalue weighted by Crippen LogP contribution is 2.30. The quantitative estimate of drug-likeness (QED) is 0.248. The van der Waals surface area contributed by atoms with Gasteiger partial charge < -0.3 is 10.6 Å². The fraction of sp³-hybridized carbons (Fsp3) is 0.700. The Kier molecular flexibility index (Phi) is 4.90. The lowest BCUT2D eigenvalue weighted by atomic mass is 10.0. The number of carbonyl (C=O) groups excluding carboxylic acids is 2. The lowest BCUT2D eigenvalue weighted by Gasteiger charge is -2.28. The fourth-order valence-electron chi connectivity index (χ4n) is 2.77. The van der Waals surface area contributed by atoms with Gasteiger partial charge in [0.2, 0.25) is 0 Å². The van der Waals surface area contributed by atoms with Crippen LogP contribution >= 0.6 is 0 Å². The zero-order valence-corrected chi connectivity index (χ0v) is 14.1. The third-order valence-corrected chi connectivity index (χ3v) is 4.18. The Morgan fingerprint density at radius 3 is 2.85 bits per heavy atom. The van der Waals surface area contributed by atoms with Gasteiger partial charge in [0, 0.05) is 6.54 Å². The van der Waals surface area contributed by atoms with Gasteiger partial charge in [0.05, 0.1) is 19.2 Å². The topological polar surface area (TPSA) is 195 Å². The summed E-state index contributed by atoms with van der Waals surface area (Å²) in [5.41, 5.74) is 7.52. The number of hydroxylamine groups is 3. The van der Waals surface area contributed by atoms with Crippen LogP contribution in [-0.4, -0.2) is 80.3 Å². The van der Waals surface area contributed by atoms with E-state index >= 15 is 0 Å². The van der Waals surface area contributed by atoms with Gasteiger partial charge in [-0.3, -0.25) is 14.2 Å². The van der Waals surface area contributed by atoms with Crippen LogP contribution in [0, 0.1) is 0 Å². The summed E-state index contributed by atoms with van der Waals surface area (Å²) < 4.78 is 34.7. The second kappa shape index (κ2) is 6.98. The van der Waals surface area contributed by atoms with Crippen LogP contribution in [-0.2, 0) is 30.9 Å². The second-order valence-electron chi connectivity index (χ2n) is 5.57. The van der Waals surface area contributed by atoms with Crippen LogP contribution < -0.4 is 11.2 Å². The van der Waals surface area contributed by atoms with Gasteiger partial charge in [0.1, 0.15) is 6.04 Å². The zero-order valence-electron chi connectivity index (χ0n) is 13.3. The highest BCUT2D eigenvalue weighted by molar-refractivity contribution is 7.80. The molecule has 0 aliphatic carbocycles. The van der Waals surface area contributed by atoms with Crippen molar-refractivity contribution in [2.75, 3.05) is 18.9 Å². The number of anilines is 1. The maximum absolute atomic E-state index is 12.2. The van der Waals surface area contributed by atoms with Crippen molar-refractivity contribution in [2.24, 2.45) is 0 Å². The molecule has 0 aromatic carbocycles. The minimum atomic E-state index is -4.83. The molecule has 144 valence electrons. The standard InChI is InChI=1S/C10H16N8O7S/c11-9-12-15-17(13-9)3-4-24-14-8(19)7-2-1-6-5-16(7)10(20)18(6)25-26(21,22)23/h6-7H,1-5H2,(H2,11,13)(H,14,19)(H,21,22,23)/t6-,7+/m1/s1. The Balaban J connectivity index is 1.50. The van der Waals surface area contributed by atoms with Crippen molar-refractivity contribution in [1.29, 1.82) is 0 Å². The van der Waals surface area contributed by atoms with Crippen LogP contribution in [0.2, 0.25) is 0 Å². The zero-order chi connectivity index (χ0) is 18.9. The molecule has 0 radical (unpaired) electrons. The van der Waals surface area contributed by atoms with Crippen molar-refractivity contribution in [2.45, 2.75) is 31.5 Å². The Bertz CT molecular complexity index is 797. The molecule has 15 nitrogen and oxygen atoms in total. The molecule has 1 aromatic rings. The number of hydrogen-bond donors (Lipinski definition) is 3. The Morgan fingerprint density at radius 2 is 2.19 bits per heavy atom. The van der Waals surface area contributed by atoms with Gasteiger partial charge in [-0.2, -0.15) is 18.3 Å². The summed E-state index contributed by atoms with van der Waals surface area (Å²) in [6, 6.07) is -2.25. The first kappa shape index (κ1) is 18.2. The third kappa shape index (κ3) is 3.98. The second-order valence-corrected chi connectivity index (χ2v) is 6.57. The number of rotatable bonds is 7. The van der Waals surface area contributed by atoms with Gasteiger partial charge in [-0.1, -0.05) is 5.10 Å². The van der Waals surface area contributed by atoms with E-state index in [1.165, 1.54) is 4.80 Å². The number of hydrogen-bond acceptors (Lipinski definition) is 10. The number of nitrogens with two attached hydrogens (primary N) is 1. The number of fused-ring (bicyclic) bond motifs is 2. The summed E-state index contributed by atoms with van der Waals surface area (Å²) in [6.07, 6.45) is 0.593. The van der Waals surface area contributed by atoms with E-state index in [1.54, 1.807) is 0 Å². The molecule has 0 unspecified atom stereocenters. The fourth-order valence-corrected chi connectivity index (χ4v) is 3.16. The van der Waals surface area contributed by atoms with Crippen molar-refractivity contribution in [1.82, 2.24) is 35.7 Å². The number of carbonyl (C=O) groups is 2. The van der Waals surface area contributed by atoms with Gasteiger partial charge >= 0.3 is 16.4 Å². The van der Waals surface area contributed by atoms with Crippen LogP contribution in [0.15, 0.2) is 0 Å². The molecule has 4 N–H and O–H groups in total. The molecule has 2 saturated heterocycles. The van der Waals surface area contributed by atoms with Crippen LogP contribution in [0.25, 0.3) is 0 Å². The molecule has 16 heteroatoms. The molecule has 0 saturated carbocycles. The van der Waals surface area contributed by atoms with Gasteiger partial charge in [-0.25, -0.2) is 10.3 Å². The first-order valence-corrected chi connectivity index (χ1v) is 8.83. The first-order chi connectivity index (χ1) is 12.2. The van der Waals surface area contributed by atoms with Crippen LogP contribution in [0.1, 0.15) is 12.8 Å². The van der Waals surface area contributed by atoms with Crippen molar-refractivity contribution in [3.8, 4) is 0 Å². The van der Waals surface area contributed by atoms with Gasteiger partial charge in [0.15, 0.2) is 0 Å². The summed E-state index contributed by atoms with van der Waals surface area (Å²) >= 11 is 0. The summed E-state index contributed by atoms with van der Waals surface area (Å²) in [5.74, 6) is -0.563. The number of amides is 3. The molecule has 2 aliphatic rings. The maximum atomic E-state index is 12.2. The van der Waals surface area contributed by atoms with Gasteiger partial charge in [-0.05, 0) is 18.1 Å². The molecular weight excluding hydrogens is 376 g/mol. The van der Waals surface area contributed by atoms with E-state index in [0.717, 1.165) is 4.90 Å². The molecule has 0 spiro atoms. The molecule has 2 atom stereocenters. The molecule has 1 aromatic heterocycles. The van der Waals surface area contributed by atoms with E-state index in [0.29, 0.717) is 11.5 Å². The first-order valence-electron chi connectivity index (χ1n) is 7.46. The Labute approximate surface area is 146 Å². The highest BCUT2D eigenvalue weighted by atomic mass is 32.3. The highest BCUT2D eigenvalue weighted by Gasteiger charge is 2.49. The largest absolute Gasteiger partial charge is 0.418 e. The van der Waals surface area contributed by atoms with E-state index in [1.807, 2.05) is 0 Å². The monoisotopic (exact) mass is 392 g/mol. The van der Waals surface area contributed by atoms with E-state index in [4.69, 9.17) is 15.1 Å². The molecule has 26 heavy (non-hydrogen) atoms. The van der Waals surface area contributed by atoms with Crippen molar-refractivity contribution in [3.63, 3.8) is 0 Å². The van der Waals surface area contributed by atoms with Crippen molar-refractivity contribution < 1.29 is 31.7 Å². The lowest BCUT2D eigenvalue weighted by Crippen LogP contribution is -2.49.